The van der Waals surface area contributed by atoms with Gasteiger partial charge in [0, 0.05) is 6.08 Å². The summed E-state index contributed by atoms with van der Waals surface area (Å²) in [6.45, 7) is 9.91. The first-order valence-corrected chi connectivity index (χ1v) is 11.4. The Morgan fingerprint density at radius 1 is 1.15 bits per heavy atom. The van der Waals surface area contributed by atoms with Crippen molar-refractivity contribution in [2.24, 2.45) is 5.41 Å². The molecule has 2 rings (SSSR count). The van der Waals surface area contributed by atoms with E-state index in [9.17, 15) is 20.1 Å². The molecule has 4 N–H and O–H groups in total. The Kier molecular flexibility index (Phi) is 9.82. The minimum absolute atomic E-state index is 0.189. The highest BCUT2D eigenvalue weighted by Crippen LogP contribution is 2.40. The third-order valence-electron chi connectivity index (χ3n) is 6.21. The fraction of sp³-hybridized carbons (Fsp3) is 0.577. The largest absolute Gasteiger partial charge is 0.451 e. The van der Waals surface area contributed by atoms with Gasteiger partial charge < -0.3 is 29.9 Å². The fourth-order valence-corrected chi connectivity index (χ4v) is 4.23. The second kappa shape index (κ2) is 11.9. The molecule has 0 aromatic carbocycles. The van der Waals surface area contributed by atoms with Crippen LogP contribution in [0.4, 0.5) is 0 Å². The van der Waals surface area contributed by atoms with E-state index >= 15 is 0 Å². The van der Waals surface area contributed by atoms with Crippen LogP contribution >= 0.6 is 0 Å². The third kappa shape index (κ3) is 7.48. The van der Waals surface area contributed by atoms with Crippen molar-refractivity contribution < 1.29 is 34.7 Å². The lowest BCUT2D eigenvalue weighted by Gasteiger charge is -2.39. The predicted molar refractivity (Wildman–Crippen MR) is 126 cm³/mol. The summed E-state index contributed by atoms with van der Waals surface area (Å²) in [7, 11) is 0. The highest BCUT2D eigenvalue weighted by molar-refractivity contribution is 5.83. The number of carbonyl (C=O) groups is 1. The van der Waals surface area contributed by atoms with Gasteiger partial charge in [-0.1, -0.05) is 55.4 Å². The Balaban J connectivity index is 1.96. The van der Waals surface area contributed by atoms with E-state index in [-0.39, 0.29) is 5.41 Å². The lowest BCUT2D eigenvalue weighted by molar-refractivity contribution is -0.289. The van der Waals surface area contributed by atoms with Gasteiger partial charge in [-0.05, 0) is 56.6 Å². The smallest absolute Gasteiger partial charge is 0.331 e. The molecule has 5 atom stereocenters. The molecule has 0 saturated carbocycles. The Morgan fingerprint density at radius 3 is 2.48 bits per heavy atom. The van der Waals surface area contributed by atoms with Gasteiger partial charge in [-0.3, -0.25) is 0 Å². The molecule has 0 amide bonds. The first-order valence-electron chi connectivity index (χ1n) is 11.4. The first-order chi connectivity index (χ1) is 15.5. The summed E-state index contributed by atoms with van der Waals surface area (Å²) in [6.07, 6.45) is 7.27. The molecule has 0 unspecified atom stereocenters. The van der Waals surface area contributed by atoms with E-state index in [0.717, 1.165) is 12.0 Å². The first kappa shape index (κ1) is 27.2. The molecule has 1 saturated heterocycles. The molecule has 1 aliphatic carbocycles. The number of hydrogen-bond acceptors (Lipinski definition) is 7. The molecule has 1 fully saturated rings. The van der Waals surface area contributed by atoms with Gasteiger partial charge in [0.15, 0.2) is 12.4 Å². The zero-order valence-corrected chi connectivity index (χ0v) is 20.2. The number of hydrogen-bond donors (Lipinski definition) is 4. The van der Waals surface area contributed by atoms with Crippen molar-refractivity contribution in [1.29, 1.82) is 0 Å². The van der Waals surface area contributed by atoms with Gasteiger partial charge >= 0.3 is 5.97 Å². The van der Waals surface area contributed by atoms with E-state index in [4.69, 9.17) is 14.6 Å². The van der Waals surface area contributed by atoms with Crippen LogP contribution in [0.3, 0.4) is 0 Å². The van der Waals surface area contributed by atoms with Gasteiger partial charge in [-0.2, -0.15) is 0 Å². The molecule has 1 aliphatic heterocycles. The van der Waals surface area contributed by atoms with Crippen molar-refractivity contribution in [2.75, 3.05) is 6.61 Å². The zero-order chi connectivity index (χ0) is 24.8. The number of aliphatic hydroxyl groups excluding tert-OH is 4. The summed E-state index contributed by atoms with van der Waals surface area (Å²) < 4.78 is 10.0. The highest BCUT2D eigenvalue weighted by atomic mass is 16.7. The summed E-state index contributed by atoms with van der Waals surface area (Å²) >= 11 is 0. The van der Waals surface area contributed by atoms with E-state index < -0.39 is 43.3 Å². The summed E-state index contributed by atoms with van der Waals surface area (Å²) in [4.78, 5) is 12.2. The van der Waals surface area contributed by atoms with Gasteiger partial charge in [0.1, 0.15) is 18.3 Å². The van der Waals surface area contributed by atoms with E-state index in [1.165, 1.54) is 30.1 Å². The van der Waals surface area contributed by atoms with Gasteiger partial charge in [0.2, 0.25) is 0 Å². The zero-order valence-electron chi connectivity index (χ0n) is 20.2. The van der Waals surface area contributed by atoms with Crippen LogP contribution in [0, 0.1) is 5.41 Å². The monoisotopic (exact) mass is 462 g/mol. The third-order valence-corrected chi connectivity index (χ3v) is 6.21. The molecular formula is C26H38O7. The van der Waals surface area contributed by atoms with Crippen molar-refractivity contribution in [3.8, 4) is 0 Å². The molecule has 0 spiro atoms. The van der Waals surface area contributed by atoms with Crippen LogP contribution in [0.5, 0.6) is 0 Å². The molecule has 0 aromatic rings. The topological polar surface area (TPSA) is 116 Å². The molecule has 0 bridgehead atoms. The van der Waals surface area contributed by atoms with Crippen molar-refractivity contribution in [1.82, 2.24) is 0 Å². The van der Waals surface area contributed by atoms with Crippen molar-refractivity contribution >= 4 is 5.97 Å². The van der Waals surface area contributed by atoms with Gasteiger partial charge in [-0.15, -0.1) is 0 Å². The average molecular weight is 463 g/mol. The van der Waals surface area contributed by atoms with Crippen LogP contribution in [0.2, 0.25) is 0 Å². The Hall–Kier alpha value is -2.03. The predicted octanol–water partition coefficient (Wildman–Crippen LogP) is 2.86. The lowest BCUT2D eigenvalue weighted by atomic mass is 9.72. The molecule has 2 aliphatic rings. The average Bonchev–Trinajstić information content (AvgIpc) is 2.72. The van der Waals surface area contributed by atoms with Crippen LogP contribution in [0.25, 0.3) is 0 Å². The maximum Gasteiger partial charge on any atom is 0.331 e. The summed E-state index contributed by atoms with van der Waals surface area (Å²) in [6, 6.07) is 0. The summed E-state index contributed by atoms with van der Waals surface area (Å²) in [5, 5.41) is 38.9. The SMILES string of the molecule is CC1=C(/C=C/C(C)=C/C=C/C(C)=C/C(=O)O[C@@H]2[C@@H](O)[C@H](O)[C@@H](CO)O[C@H]2O)C(C)(C)CCC1. The van der Waals surface area contributed by atoms with Crippen LogP contribution in [-0.4, -0.2) is 63.7 Å². The number of ether oxygens (including phenoxy) is 2. The maximum absolute atomic E-state index is 12.2. The van der Waals surface area contributed by atoms with E-state index in [1.54, 1.807) is 13.0 Å². The molecule has 184 valence electrons. The van der Waals surface area contributed by atoms with Crippen molar-refractivity contribution in [3.63, 3.8) is 0 Å². The van der Waals surface area contributed by atoms with E-state index in [2.05, 4.69) is 32.9 Å². The molecular weight excluding hydrogens is 424 g/mol. The molecule has 7 nitrogen and oxygen atoms in total. The quantitative estimate of drug-likeness (QED) is 0.261. The molecule has 0 aromatic heterocycles. The molecule has 7 heteroatoms. The minimum Gasteiger partial charge on any atom is -0.451 e. The highest BCUT2D eigenvalue weighted by Gasteiger charge is 2.45. The maximum atomic E-state index is 12.2. The molecule has 0 radical (unpaired) electrons. The van der Waals surface area contributed by atoms with E-state index in [1.807, 2.05) is 19.1 Å². The Labute approximate surface area is 196 Å². The minimum atomic E-state index is -1.65. The summed E-state index contributed by atoms with van der Waals surface area (Å²) in [5.74, 6) is -0.791. The molecule has 33 heavy (non-hydrogen) atoms. The second-order valence-electron chi connectivity index (χ2n) is 9.55. The fourth-order valence-electron chi connectivity index (χ4n) is 4.23. The Bertz CT molecular complexity index is 847. The number of allylic oxidation sites excluding steroid dienone is 9. The van der Waals surface area contributed by atoms with Crippen LogP contribution in [0.1, 0.15) is 53.9 Å². The van der Waals surface area contributed by atoms with E-state index in [0.29, 0.717) is 5.57 Å². The van der Waals surface area contributed by atoms with Crippen LogP contribution < -0.4 is 0 Å². The lowest BCUT2D eigenvalue weighted by Crippen LogP contribution is -2.59. The standard InChI is InChI=1S/C26H38O7/c1-16(11-12-19-18(3)10-7-13-26(19,4)5)8-6-9-17(2)14-21(28)33-24-23(30)22(29)20(15-27)32-25(24)31/h6,8-9,11-12,14,20,22-25,27,29-31H,7,10,13,15H2,1-5H3/b9-6+,12-11+,16-8+,17-14+/t20-,22-,23+,24-,25-/m1/s1. The van der Waals surface area contributed by atoms with Gasteiger partial charge in [0.25, 0.3) is 0 Å². The number of aliphatic hydroxyl groups is 4. The van der Waals surface area contributed by atoms with Gasteiger partial charge in [0.05, 0.1) is 6.61 Å². The second-order valence-corrected chi connectivity index (χ2v) is 9.55. The Morgan fingerprint density at radius 2 is 1.85 bits per heavy atom. The number of esters is 1. The van der Waals surface area contributed by atoms with Gasteiger partial charge in [-0.25, -0.2) is 4.79 Å². The number of carbonyl (C=O) groups excluding carboxylic acids is 1. The van der Waals surface area contributed by atoms with Crippen LogP contribution in [-0.2, 0) is 14.3 Å². The van der Waals surface area contributed by atoms with Crippen molar-refractivity contribution in [3.05, 3.63) is 58.7 Å². The van der Waals surface area contributed by atoms with Crippen molar-refractivity contribution in [2.45, 2.75) is 84.6 Å². The van der Waals surface area contributed by atoms with Crippen LogP contribution in [0.15, 0.2) is 58.7 Å². The normalized spacial score (nSPS) is 31.5. The summed E-state index contributed by atoms with van der Waals surface area (Å²) in [5.41, 5.74) is 4.71. The number of rotatable bonds is 7. The molecule has 1 heterocycles.